The monoisotopic (exact) mass is 386 g/mol. The Hall–Kier alpha value is -3.09. The lowest BCUT2D eigenvalue weighted by atomic mass is 9.95. The summed E-state index contributed by atoms with van der Waals surface area (Å²) in [5.41, 5.74) is 1.19. The molecule has 2 aromatic rings. The summed E-state index contributed by atoms with van der Waals surface area (Å²) in [4.78, 5) is 24.4. The van der Waals surface area contributed by atoms with Gasteiger partial charge in [-0.1, -0.05) is 19.9 Å². The molecule has 0 spiro atoms. The zero-order valence-electron chi connectivity index (χ0n) is 15.8. The van der Waals surface area contributed by atoms with Crippen molar-refractivity contribution in [2.45, 2.75) is 19.9 Å². The zero-order chi connectivity index (χ0) is 20.1. The Balaban J connectivity index is 1.61. The van der Waals surface area contributed by atoms with Crippen molar-refractivity contribution < 1.29 is 23.5 Å². The highest BCUT2D eigenvalue weighted by Gasteiger charge is 2.21. The van der Waals surface area contributed by atoms with Crippen molar-refractivity contribution >= 4 is 11.8 Å². The molecule has 0 aliphatic carbocycles. The lowest BCUT2D eigenvalue weighted by Gasteiger charge is -2.25. The number of carbonyl (C=O) groups is 2. The standard InChI is InChI=1S/C21H23FN2O4/c1-13(2)20(15-5-8-17-18(11-15)28-10-9-27-17)24-19(25)12-23-21(26)14-3-6-16(22)7-4-14/h3-8,11,13,20H,9-10,12H2,1-2H3,(H,23,26)(H,24,25). The van der Waals surface area contributed by atoms with Crippen LogP contribution in [0.4, 0.5) is 4.39 Å². The maximum absolute atomic E-state index is 12.9. The van der Waals surface area contributed by atoms with Crippen molar-refractivity contribution in [2.75, 3.05) is 19.8 Å². The average Bonchev–Trinajstić information content (AvgIpc) is 2.70. The summed E-state index contributed by atoms with van der Waals surface area (Å²) in [5, 5.41) is 5.49. The van der Waals surface area contributed by atoms with Crippen LogP contribution in [-0.2, 0) is 4.79 Å². The SMILES string of the molecule is CC(C)C(NC(=O)CNC(=O)c1ccc(F)cc1)c1ccc2c(c1)OCCO2. The Kier molecular flexibility index (Phi) is 6.13. The van der Waals surface area contributed by atoms with Crippen LogP contribution < -0.4 is 20.1 Å². The minimum absolute atomic E-state index is 0.124. The van der Waals surface area contributed by atoms with E-state index in [0.717, 1.165) is 5.56 Å². The Bertz CT molecular complexity index is 852. The van der Waals surface area contributed by atoms with E-state index < -0.39 is 11.7 Å². The van der Waals surface area contributed by atoms with Crippen LogP contribution in [0.3, 0.4) is 0 Å². The van der Waals surface area contributed by atoms with Gasteiger partial charge in [-0.2, -0.15) is 0 Å². The van der Waals surface area contributed by atoms with Crippen LogP contribution in [0.2, 0.25) is 0 Å². The van der Waals surface area contributed by atoms with Crippen molar-refractivity contribution in [1.29, 1.82) is 0 Å². The second kappa shape index (κ2) is 8.73. The molecule has 0 saturated heterocycles. The van der Waals surface area contributed by atoms with Gasteiger partial charge in [-0.15, -0.1) is 0 Å². The highest BCUT2D eigenvalue weighted by atomic mass is 19.1. The molecule has 3 rings (SSSR count). The summed E-state index contributed by atoms with van der Waals surface area (Å²) >= 11 is 0. The molecule has 28 heavy (non-hydrogen) atoms. The van der Waals surface area contributed by atoms with Gasteiger partial charge >= 0.3 is 0 Å². The molecule has 148 valence electrons. The van der Waals surface area contributed by atoms with Crippen LogP contribution in [0.15, 0.2) is 42.5 Å². The van der Waals surface area contributed by atoms with Crippen LogP contribution in [0.1, 0.15) is 35.8 Å². The maximum Gasteiger partial charge on any atom is 0.251 e. The minimum Gasteiger partial charge on any atom is -0.486 e. The molecule has 2 amide bonds. The van der Waals surface area contributed by atoms with Gasteiger partial charge in [0.25, 0.3) is 5.91 Å². The summed E-state index contributed by atoms with van der Waals surface area (Å²) in [6, 6.07) is 10.5. The topological polar surface area (TPSA) is 76.7 Å². The summed E-state index contributed by atoms with van der Waals surface area (Å²) < 4.78 is 24.1. The van der Waals surface area contributed by atoms with Crippen molar-refractivity contribution in [3.05, 3.63) is 59.4 Å². The molecular weight excluding hydrogens is 363 g/mol. The van der Waals surface area contributed by atoms with Gasteiger partial charge in [0, 0.05) is 5.56 Å². The number of benzene rings is 2. The molecule has 0 bridgehead atoms. The van der Waals surface area contributed by atoms with Gasteiger partial charge in [0.05, 0.1) is 12.6 Å². The molecule has 1 aliphatic heterocycles. The van der Waals surface area contributed by atoms with E-state index in [9.17, 15) is 14.0 Å². The predicted molar refractivity (Wildman–Crippen MR) is 102 cm³/mol. The van der Waals surface area contributed by atoms with Crippen molar-refractivity contribution in [3.8, 4) is 11.5 Å². The fourth-order valence-electron chi connectivity index (χ4n) is 2.98. The third-order valence-electron chi connectivity index (χ3n) is 4.42. The Morgan fingerprint density at radius 2 is 1.71 bits per heavy atom. The van der Waals surface area contributed by atoms with E-state index >= 15 is 0 Å². The zero-order valence-corrected chi connectivity index (χ0v) is 15.8. The molecule has 0 saturated carbocycles. The molecule has 0 fully saturated rings. The van der Waals surface area contributed by atoms with Gasteiger partial charge < -0.3 is 20.1 Å². The average molecular weight is 386 g/mol. The number of nitrogens with one attached hydrogen (secondary N) is 2. The fourth-order valence-corrected chi connectivity index (χ4v) is 2.98. The second-order valence-corrected chi connectivity index (χ2v) is 6.88. The first-order chi connectivity index (χ1) is 13.4. The molecule has 2 aromatic carbocycles. The molecule has 2 N–H and O–H groups in total. The number of hydrogen-bond donors (Lipinski definition) is 2. The van der Waals surface area contributed by atoms with Gasteiger partial charge in [0.15, 0.2) is 11.5 Å². The first kappa shape index (κ1) is 19.7. The second-order valence-electron chi connectivity index (χ2n) is 6.88. The molecule has 1 aliphatic rings. The van der Waals surface area contributed by atoms with E-state index in [4.69, 9.17) is 9.47 Å². The number of halogens is 1. The van der Waals surface area contributed by atoms with E-state index in [1.807, 2.05) is 32.0 Å². The van der Waals surface area contributed by atoms with Crippen LogP contribution in [-0.4, -0.2) is 31.6 Å². The number of rotatable bonds is 6. The van der Waals surface area contributed by atoms with Crippen molar-refractivity contribution in [2.24, 2.45) is 5.92 Å². The smallest absolute Gasteiger partial charge is 0.251 e. The van der Waals surface area contributed by atoms with Crippen LogP contribution in [0.5, 0.6) is 11.5 Å². The minimum atomic E-state index is -0.435. The number of hydrogen-bond acceptors (Lipinski definition) is 4. The van der Waals surface area contributed by atoms with Gasteiger partial charge in [-0.3, -0.25) is 9.59 Å². The first-order valence-electron chi connectivity index (χ1n) is 9.16. The summed E-state index contributed by atoms with van der Waals surface area (Å²) in [5.74, 6) is 0.302. The highest BCUT2D eigenvalue weighted by molar-refractivity contribution is 5.96. The van der Waals surface area contributed by atoms with Gasteiger partial charge in [0.1, 0.15) is 19.0 Å². The van der Waals surface area contributed by atoms with Crippen LogP contribution in [0, 0.1) is 11.7 Å². The molecule has 0 aromatic heterocycles. The van der Waals surface area contributed by atoms with E-state index in [1.54, 1.807) is 0 Å². The molecule has 1 heterocycles. The van der Waals surface area contributed by atoms with Crippen LogP contribution in [0.25, 0.3) is 0 Å². The largest absolute Gasteiger partial charge is 0.486 e. The number of ether oxygens (including phenoxy) is 2. The molecule has 1 unspecified atom stereocenters. The van der Waals surface area contributed by atoms with Gasteiger partial charge in [0.2, 0.25) is 5.91 Å². The van der Waals surface area contributed by atoms with Crippen molar-refractivity contribution in [1.82, 2.24) is 10.6 Å². The van der Waals surface area contributed by atoms with Gasteiger partial charge in [-0.25, -0.2) is 4.39 Å². The summed E-state index contributed by atoms with van der Waals surface area (Å²) in [7, 11) is 0. The molecule has 7 heteroatoms. The molecule has 1 atom stereocenters. The lowest BCUT2D eigenvalue weighted by Crippen LogP contribution is -2.40. The lowest BCUT2D eigenvalue weighted by molar-refractivity contribution is -0.121. The predicted octanol–water partition coefficient (Wildman–Crippen LogP) is 2.84. The van der Waals surface area contributed by atoms with E-state index in [2.05, 4.69) is 10.6 Å². The molecule has 0 radical (unpaired) electrons. The van der Waals surface area contributed by atoms with E-state index in [-0.39, 0.29) is 24.4 Å². The third kappa shape index (κ3) is 4.79. The molecular formula is C21H23FN2O4. The first-order valence-corrected chi connectivity index (χ1v) is 9.16. The van der Waals surface area contributed by atoms with Crippen LogP contribution >= 0.6 is 0 Å². The quantitative estimate of drug-likeness (QED) is 0.800. The Morgan fingerprint density at radius 1 is 1.04 bits per heavy atom. The third-order valence-corrected chi connectivity index (χ3v) is 4.42. The normalized spacial score (nSPS) is 13.7. The van der Waals surface area contributed by atoms with E-state index in [0.29, 0.717) is 30.3 Å². The fraction of sp³-hybridized carbons (Fsp3) is 0.333. The Labute approximate surface area is 163 Å². The number of amides is 2. The van der Waals surface area contributed by atoms with Gasteiger partial charge in [-0.05, 0) is 47.9 Å². The maximum atomic E-state index is 12.9. The Morgan fingerprint density at radius 3 is 2.39 bits per heavy atom. The summed E-state index contributed by atoms with van der Waals surface area (Å²) in [6.07, 6.45) is 0. The number of fused-ring (bicyclic) bond motifs is 1. The summed E-state index contributed by atoms with van der Waals surface area (Å²) in [6.45, 7) is 4.83. The highest BCUT2D eigenvalue weighted by Crippen LogP contribution is 2.34. The number of carbonyl (C=O) groups excluding carboxylic acids is 2. The van der Waals surface area contributed by atoms with Crippen molar-refractivity contribution in [3.63, 3.8) is 0 Å². The van der Waals surface area contributed by atoms with E-state index in [1.165, 1.54) is 24.3 Å². The molecule has 6 nitrogen and oxygen atoms in total.